The molecule has 0 spiro atoms. The van der Waals surface area contributed by atoms with Crippen LogP contribution < -0.4 is 17.0 Å². The van der Waals surface area contributed by atoms with E-state index in [1.54, 1.807) is 24.0 Å². The molecule has 0 atom stereocenters. The van der Waals surface area contributed by atoms with Gasteiger partial charge in [-0.1, -0.05) is 18.2 Å². The Kier molecular flexibility index (Phi) is 3.36. The van der Waals surface area contributed by atoms with Gasteiger partial charge in [-0.2, -0.15) is 0 Å². The molecule has 2 heterocycles. The second-order valence-corrected chi connectivity index (χ2v) is 5.75. The summed E-state index contributed by atoms with van der Waals surface area (Å²) in [7, 11) is 1.69. The summed E-state index contributed by atoms with van der Waals surface area (Å²) in [4.78, 5) is 24.5. The van der Waals surface area contributed by atoms with Crippen molar-refractivity contribution in [2.24, 2.45) is 12.9 Å². The molecule has 0 bridgehead atoms. The number of hydrazine groups is 1. The Hall–Kier alpha value is -2.38. The maximum absolute atomic E-state index is 12.0. The zero-order valence-electron chi connectivity index (χ0n) is 11.4. The van der Waals surface area contributed by atoms with E-state index in [0.717, 1.165) is 15.6 Å². The number of amides is 1. The number of nitrogen functional groups attached to an aromatic ring is 1. The van der Waals surface area contributed by atoms with Gasteiger partial charge in [0.15, 0.2) is 0 Å². The van der Waals surface area contributed by atoms with E-state index in [0.29, 0.717) is 11.4 Å². The molecule has 0 unspecified atom stereocenters. The van der Waals surface area contributed by atoms with Crippen molar-refractivity contribution in [3.8, 4) is 0 Å². The van der Waals surface area contributed by atoms with E-state index in [9.17, 15) is 9.59 Å². The van der Waals surface area contributed by atoms with Crippen LogP contribution in [0.5, 0.6) is 0 Å². The van der Waals surface area contributed by atoms with Crippen LogP contribution >= 0.6 is 11.3 Å². The van der Waals surface area contributed by atoms with Crippen LogP contribution in [0, 0.1) is 0 Å². The number of benzene rings is 1. The predicted molar refractivity (Wildman–Crippen MR) is 82.3 cm³/mol. The zero-order valence-corrected chi connectivity index (χ0v) is 12.2. The highest BCUT2D eigenvalue weighted by Crippen LogP contribution is 2.31. The SMILES string of the molecule is Cn1ccn(Cc2c(C(=O)NN)sc3ccccc23)c1=O. The van der Waals surface area contributed by atoms with E-state index >= 15 is 0 Å². The summed E-state index contributed by atoms with van der Waals surface area (Å²) in [6.07, 6.45) is 3.40. The number of aromatic nitrogens is 2. The van der Waals surface area contributed by atoms with Crippen LogP contribution in [0.2, 0.25) is 0 Å². The standard InChI is InChI=1S/C14H14N4O2S/c1-17-6-7-18(14(17)20)8-10-9-4-2-3-5-11(9)21-12(10)13(19)16-15/h2-7H,8,15H2,1H3,(H,16,19). The van der Waals surface area contributed by atoms with Gasteiger partial charge in [-0.15, -0.1) is 11.3 Å². The van der Waals surface area contributed by atoms with Gasteiger partial charge in [0.05, 0.1) is 11.4 Å². The lowest BCUT2D eigenvalue weighted by Crippen LogP contribution is -2.30. The van der Waals surface area contributed by atoms with Gasteiger partial charge >= 0.3 is 5.69 Å². The number of hydrogen-bond acceptors (Lipinski definition) is 4. The van der Waals surface area contributed by atoms with Crippen LogP contribution in [0.4, 0.5) is 0 Å². The first kappa shape index (κ1) is 13.6. The molecule has 3 N–H and O–H groups in total. The summed E-state index contributed by atoms with van der Waals surface area (Å²) in [6.45, 7) is 0.340. The number of rotatable bonds is 3. The van der Waals surface area contributed by atoms with E-state index in [2.05, 4.69) is 5.43 Å². The monoisotopic (exact) mass is 302 g/mol. The number of fused-ring (bicyclic) bond motifs is 1. The Morgan fingerprint density at radius 3 is 2.76 bits per heavy atom. The highest BCUT2D eigenvalue weighted by atomic mass is 32.1. The van der Waals surface area contributed by atoms with Crippen LogP contribution in [-0.2, 0) is 13.6 Å². The highest BCUT2D eigenvalue weighted by Gasteiger charge is 2.18. The second kappa shape index (κ2) is 5.19. The van der Waals surface area contributed by atoms with Crippen molar-refractivity contribution in [2.45, 2.75) is 6.54 Å². The first-order chi connectivity index (χ1) is 10.1. The molecule has 7 heteroatoms. The third kappa shape index (κ3) is 2.26. The van der Waals surface area contributed by atoms with E-state index in [-0.39, 0.29) is 11.6 Å². The van der Waals surface area contributed by atoms with Gasteiger partial charge in [0.2, 0.25) is 0 Å². The van der Waals surface area contributed by atoms with Gasteiger partial charge in [-0.05, 0) is 11.5 Å². The van der Waals surface area contributed by atoms with Gasteiger partial charge in [0, 0.05) is 29.7 Å². The van der Waals surface area contributed by atoms with Crippen LogP contribution in [0.3, 0.4) is 0 Å². The van der Waals surface area contributed by atoms with Gasteiger partial charge in [-0.3, -0.25) is 14.8 Å². The summed E-state index contributed by atoms with van der Waals surface area (Å²) >= 11 is 1.37. The number of nitrogens with two attached hydrogens (primary N) is 1. The van der Waals surface area contributed by atoms with E-state index in [1.165, 1.54) is 15.9 Å². The number of thiophene rings is 1. The van der Waals surface area contributed by atoms with Crippen LogP contribution in [0.15, 0.2) is 41.5 Å². The van der Waals surface area contributed by atoms with Crippen molar-refractivity contribution in [3.05, 3.63) is 57.6 Å². The largest absolute Gasteiger partial charge is 0.328 e. The lowest BCUT2D eigenvalue weighted by molar-refractivity contribution is 0.0957. The average molecular weight is 302 g/mol. The Labute approximate surface area is 124 Å². The molecule has 0 fully saturated rings. The minimum atomic E-state index is -0.338. The first-order valence-electron chi connectivity index (χ1n) is 6.35. The lowest BCUT2D eigenvalue weighted by atomic mass is 10.1. The van der Waals surface area contributed by atoms with Gasteiger partial charge < -0.3 is 4.57 Å². The molecule has 21 heavy (non-hydrogen) atoms. The van der Waals surface area contributed by atoms with Crippen molar-refractivity contribution >= 4 is 27.3 Å². The van der Waals surface area contributed by atoms with E-state index in [4.69, 9.17) is 5.84 Å². The normalized spacial score (nSPS) is 11.0. The molecule has 0 radical (unpaired) electrons. The number of imidazole rings is 1. The quantitative estimate of drug-likeness (QED) is 0.431. The number of nitrogens with zero attached hydrogens (tertiary/aromatic N) is 2. The maximum atomic E-state index is 12.0. The fourth-order valence-electron chi connectivity index (χ4n) is 2.31. The van der Waals surface area contributed by atoms with Crippen molar-refractivity contribution in [2.75, 3.05) is 0 Å². The Balaban J connectivity index is 2.17. The van der Waals surface area contributed by atoms with E-state index < -0.39 is 0 Å². The van der Waals surface area contributed by atoms with Crippen LogP contribution in [0.25, 0.3) is 10.1 Å². The number of carbonyl (C=O) groups excluding carboxylic acids is 1. The molecule has 1 amide bonds. The molecule has 2 aromatic heterocycles. The molecule has 108 valence electrons. The highest BCUT2D eigenvalue weighted by molar-refractivity contribution is 7.21. The number of hydrogen-bond donors (Lipinski definition) is 2. The summed E-state index contributed by atoms with van der Waals surface area (Å²) in [5, 5.41) is 0.969. The van der Waals surface area contributed by atoms with Crippen molar-refractivity contribution < 1.29 is 4.79 Å². The summed E-state index contributed by atoms with van der Waals surface area (Å²) in [5.41, 5.74) is 2.86. The molecular weight excluding hydrogens is 288 g/mol. The Bertz CT molecular complexity index is 875. The molecule has 0 saturated heterocycles. The third-order valence-corrected chi connectivity index (χ3v) is 4.59. The molecule has 0 aliphatic carbocycles. The minimum absolute atomic E-state index is 0.121. The number of aryl methyl sites for hydroxylation is 1. The molecule has 6 nitrogen and oxygen atoms in total. The van der Waals surface area contributed by atoms with Crippen molar-refractivity contribution in [1.82, 2.24) is 14.6 Å². The lowest BCUT2D eigenvalue weighted by Gasteiger charge is -2.04. The molecule has 1 aromatic carbocycles. The fourth-order valence-corrected chi connectivity index (χ4v) is 3.42. The number of nitrogens with one attached hydrogen (secondary N) is 1. The minimum Gasteiger partial charge on any atom is -0.302 e. The molecule has 0 saturated carbocycles. The van der Waals surface area contributed by atoms with E-state index in [1.807, 2.05) is 24.3 Å². The van der Waals surface area contributed by atoms with Crippen LogP contribution in [0.1, 0.15) is 15.2 Å². The zero-order chi connectivity index (χ0) is 15.0. The Morgan fingerprint density at radius 2 is 2.10 bits per heavy atom. The maximum Gasteiger partial charge on any atom is 0.328 e. The third-order valence-electron chi connectivity index (χ3n) is 3.38. The molecule has 3 aromatic rings. The predicted octanol–water partition coefficient (Wildman–Crippen LogP) is 1.05. The van der Waals surface area contributed by atoms with Crippen molar-refractivity contribution in [1.29, 1.82) is 0 Å². The fraction of sp³-hybridized carbons (Fsp3) is 0.143. The van der Waals surface area contributed by atoms with Gasteiger partial charge in [0.1, 0.15) is 0 Å². The van der Waals surface area contributed by atoms with Crippen molar-refractivity contribution in [3.63, 3.8) is 0 Å². The molecule has 3 rings (SSSR count). The van der Waals surface area contributed by atoms with Gasteiger partial charge in [-0.25, -0.2) is 10.6 Å². The summed E-state index contributed by atoms with van der Waals surface area (Å²) in [5.74, 6) is 4.92. The smallest absolute Gasteiger partial charge is 0.302 e. The van der Waals surface area contributed by atoms with Crippen LogP contribution in [-0.4, -0.2) is 15.0 Å². The summed E-state index contributed by atoms with van der Waals surface area (Å²) in [6, 6.07) is 7.73. The first-order valence-corrected chi connectivity index (χ1v) is 7.16. The second-order valence-electron chi connectivity index (χ2n) is 4.70. The average Bonchev–Trinajstić information content (AvgIpc) is 3.02. The Morgan fingerprint density at radius 1 is 1.33 bits per heavy atom. The number of carbonyl (C=O) groups is 1. The molecule has 0 aliphatic heterocycles. The van der Waals surface area contributed by atoms with Gasteiger partial charge in [0.25, 0.3) is 5.91 Å². The molecule has 0 aliphatic rings. The molecular formula is C14H14N4O2S. The summed E-state index contributed by atoms with van der Waals surface area (Å²) < 4.78 is 4.06. The topological polar surface area (TPSA) is 82.1 Å².